The molecule has 0 bridgehead atoms. The van der Waals surface area contributed by atoms with Gasteiger partial charge in [0.25, 0.3) is 0 Å². The van der Waals surface area contributed by atoms with Crippen LogP contribution in [0.15, 0.2) is 18.2 Å². The van der Waals surface area contributed by atoms with Gasteiger partial charge in [-0.15, -0.1) is 0 Å². The fraction of sp³-hybridized carbons (Fsp3) is 0.357. The number of carbonyl (C=O) groups is 3. The molecule has 0 saturated carbocycles. The average Bonchev–Trinajstić information content (AvgIpc) is 2.47. The molecule has 0 aromatic heterocycles. The standard InChI is InChI=1S/C14H16N2O5/c17-12(11-3-1-2-4-15-11)16-10-6-8(13(18)19)5-9(7-10)14(20)21/h5-7,11,15H,1-4H2,(H,16,17)(H,18,19)(H,20,21)/t11-/m0/s1. The van der Waals surface area contributed by atoms with Gasteiger partial charge in [-0.2, -0.15) is 0 Å². The second-order valence-corrected chi connectivity index (χ2v) is 4.90. The fourth-order valence-electron chi connectivity index (χ4n) is 2.25. The number of aromatic carboxylic acids is 2. The summed E-state index contributed by atoms with van der Waals surface area (Å²) in [6, 6.07) is 3.21. The van der Waals surface area contributed by atoms with Gasteiger partial charge in [0.2, 0.25) is 5.91 Å². The maximum Gasteiger partial charge on any atom is 0.335 e. The summed E-state index contributed by atoms with van der Waals surface area (Å²) in [5, 5.41) is 23.6. The van der Waals surface area contributed by atoms with Gasteiger partial charge in [0, 0.05) is 5.69 Å². The van der Waals surface area contributed by atoms with Crippen molar-refractivity contribution in [3.05, 3.63) is 29.3 Å². The van der Waals surface area contributed by atoms with Gasteiger partial charge in [-0.3, -0.25) is 4.79 Å². The molecule has 1 aromatic carbocycles. The van der Waals surface area contributed by atoms with Crippen LogP contribution in [0.3, 0.4) is 0 Å². The molecule has 4 N–H and O–H groups in total. The Balaban J connectivity index is 2.20. The van der Waals surface area contributed by atoms with Crippen LogP contribution in [0.5, 0.6) is 0 Å². The van der Waals surface area contributed by atoms with Crippen LogP contribution in [0.25, 0.3) is 0 Å². The quantitative estimate of drug-likeness (QED) is 0.662. The molecule has 1 aliphatic heterocycles. The van der Waals surface area contributed by atoms with E-state index in [0.717, 1.165) is 25.5 Å². The number of carbonyl (C=O) groups excluding carboxylic acids is 1. The van der Waals surface area contributed by atoms with Crippen LogP contribution in [0.1, 0.15) is 40.0 Å². The Morgan fingerprint density at radius 3 is 2.14 bits per heavy atom. The lowest BCUT2D eigenvalue weighted by atomic mass is 10.0. The predicted octanol–water partition coefficient (Wildman–Crippen LogP) is 1.16. The number of hydrogen-bond acceptors (Lipinski definition) is 4. The molecule has 1 aliphatic rings. The lowest BCUT2D eigenvalue weighted by Gasteiger charge is -2.22. The number of piperidine rings is 1. The summed E-state index contributed by atoms with van der Waals surface area (Å²) in [4.78, 5) is 34.1. The lowest BCUT2D eigenvalue weighted by molar-refractivity contribution is -0.118. The maximum atomic E-state index is 12.1. The Kier molecular flexibility index (Phi) is 4.54. The average molecular weight is 292 g/mol. The van der Waals surface area contributed by atoms with Crippen LogP contribution in [0.4, 0.5) is 5.69 Å². The van der Waals surface area contributed by atoms with E-state index in [2.05, 4.69) is 10.6 Å². The van der Waals surface area contributed by atoms with E-state index in [-0.39, 0.29) is 28.8 Å². The number of benzene rings is 1. The molecule has 1 amide bonds. The van der Waals surface area contributed by atoms with E-state index >= 15 is 0 Å². The number of rotatable bonds is 4. The molecule has 7 nitrogen and oxygen atoms in total. The molecular weight excluding hydrogens is 276 g/mol. The Morgan fingerprint density at radius 1 is 1.05 bits per heavy atom. The molecule has 0 radical (unpaired) electrons. The molecule has 2 rings (SSSR count). The van der Waals surface area contributed by atoms with Gasteiger partial charge in [-0.1, -0.05) is 6.42 Å². The summed E-state index contributed by atoms with van der Waals surface area (Å²) in [7, 11) is 0. The van der Waals surface area contributed by atoms with Gasteiger partial charge in [0.1, 0.15) is 0 Å². The van der Waals surface area contributed by atoms with E-state index in [4.69, 9.17) is 10.2 Å². The second kappa shape index (κ2) is 6.36. The number of carboxylic acid groups (broad SMARTS) is 2. The van der Waals surface area contributed by atoms with E-state index < -0.39 is 11.9 Å². The van der Waals surface area contributed by atoms with E-state index in [1.54, 1.807) is 0 Å². The van der Waals surface area contributed by atoms with Crippen molar-refractivity contribution < 1.29 is 24.6 Å². The molecule has 1 aromatic rings. The zero-order valence-corrected chi connectivity index (χ0v) is 11.3. The summed E-state index contributed by atoms with van der Waals surface area (Å²) in [5.74, 6) is -2.78. The van der Waals surface area contributed by atoms with Crippen molar-refractivity contribution >= 4 is 23.5 Å². The van der Waals surface area contributed by atoms with Crippen molar-refractivity contribution in [2.45, 2.75) is 25.3 Å². The first-order valence-electron chi connectivity index (χ1n) is 6.63. The first-order chi connectivity index (χ1) is 9.97. The van der Waals surface area contributed by atoms with Gasteiger partial charge in [0.15, 0.2) is 0 Å². The monoisotopic (exact) mass is 292 g/mol. The summed E-state index contributed by atoms with van der Waals surface area (Å²) in [5.41, 5.74) is -0.187. The number of amides is 1. The molecule has 1 saturated heterocycles. The normalized spacial score (nSPS) is 18.0. The van der Waals surface area contributed by atoms with Crippen molar-refractivity contribution in [2.24, 2.45) is 0 Å². The molecule has 1 heterocycles. The topological polar surface area (TPSA) is 116 Å². The number of carboxylic acids is 2. The molecule has 0 unspecified atom stereocenters. The van der Waals surface area contributed by atoms with E-state index in [1.807, 2.05) is 0 Å². The van der Waals surface area contributed by atoms with Crippen molar-refractivity contribution in [3.63, 3.8) is 0 Å². The van der Waals surface area contributed by atoms with Crippen molar-refractivity contribution in [3.8, 4) is 0 Å². The molecule has 7 heteroatoms. The Hall–Kier alpha value is -2.41. The van der Waals surface area contributed by atoms with Crippen LogP contribution < -0.4 is 10.6 Å². The third kappa shape index (κ3) is 3.79. The lowest BCUT2D eigenvalue weighted by Crippen LogP contribution is -2.43. The number of anilines is 1. The van der Waals surface area contributed by atoms with Gasteiger partial charge >= 0.3 is 11.9 Å². The minimum atomic E-state index is -1.25. The van der Waals surface area contributed by atoms with Gasteiger partial charge in [0.05, 0.1) is 17.2 Å². The van der Waals surface area contributed by atoms with Gasteiger partial charge in [-0.05, 0) is 37.6 Å². The zero-order chi connectivity index (χ0) is 15.4. The number of hydrogen-bond donors (Lipinski definition) is 4. The molecule has 0 aliphatic carbocycles. The van der Waals surface area contributed by atoms with E-state index in [1.165, 1.54) is 12.1 Å². The molecule has 112 valence electrons. The minimum Gasteiger partial charge on any atom is -0.478 e. The van der Waals surface area contributed by atoms with E-state index in [0.29, 0.717) is 6.42 Å². The van der Waals surface area contributed by atoms with Crippen LogP contribution in [-0.2, 0) is 4.79 Å². The second-order valence-electron chi connectivity index (χ2n) is 4.90. The smallest absolute Gasteiger partial charge is 0.335 e. The summed E-state index contributed by atoms with van der Waals surface area (Å²) in [6.07, 6.45) is 2.66. The van der Waals surface area contributed by atoms with Gasteiger partial charge in [-0.25, -0.2) is 9.59 Å². The zero-order valence-electron chi connectivity index (χ0n) is 11.3. The highest BCUT2D eigenvalue weighted by molar-refractivity contribution is 5.99. The highest BCUT2D eigenvalue weighted by Gasteiger charge is 2.21. The molecule has 0 spiro atoms. The van der Waals surface area contributed by atoms with Crippen molar-refractivity contribution in [1.82, 2.24) is 5.32 Å². The third-order valence-corrected chi connectivity index (χ3v) is 3.32. The highest BCUT2D eigenvalue weighted by Crippen LogP contribution is 2.17. The molecular formula is C14H16N2O5. The molecule has 1 fully saturated rings. The first-order valence-corrected chi connectivity index (χ1v) is 6.63. The Morgan fingerprint density at radius 2 is 1.67 bits per heavy atom. The number of nitrogens with one attached hydrogen (secondary N) is 2. The van der Waals surface area contributed by atoms with Gasteiger partial charge < -0.3 is 20.8 Å². The SMILES string of the molecule is O=C(O)c1cc(NC(=O)[C@@H]2CCCCN2)cc(C(=O)O)c1. The molecule has 1 atom stereocenters. The maximum absolute atomic E-state index is 12.1. The van der Waals surface area contributed by atoms with Crippen LogP contribution >= 0.6 is 0 Å². The van der Waals surface area contributed by atoms with Crippen LogP contribution in [0.2, 0.25) is 0 Å². The highest BCUT2D eigenvalue weighted by atomic mass is 16.4. The summed E-state index contributed by atoms with van der Waals surface area (Å²) >= 11 is 0. The Bertz CT molecular complexity index is 546. The summed E-state index contributed by atoms with van der Waals surface area (Å²) < 4.78 is 0. The third-order valence-electron chi connectivity index (χ3n) is 3.32. The minimum absolute atomic E-state index is 0.171. The van der Waals surface area contributed by atoms with Crippen LogP contribution in [-0.4, -0.2) is 40.6 Å². The van der Waals surface area contributed by atoms with E-state index in [9.17, 15) is 14.4 Å². The van der Waals surface area contributed by atoms with Crippen molar-refractivity contribution in [2.75, 3.05) is 11.9 Å². The largest absolute Gasteiger partial charge is 0.478 e. The first kappa shape index (κ1) is 15.0. The predicted molar refractivity (Wildman–Crippen MR) is 74.6 cm³/mol. The molecule has 21 heavy (non-hydrogen) atoms. The fourth-order valence-corrected chi connectivity index (χ4v) is 2.25. The summed E-state index contributed by atoms with van der Waals surface area (Å²) in [6.45, 7) is 0.758. The van der Waals surface area contributed by atoms with Crippen LogP contribution in [0, 0.1) is 0 Å². The Labute approximate surface area is 121 Å². The van der Waals surface area contributed by atoms with Crippen molar-refractivity contribution in [1.29, 1.82) is 0 Å².